The van der Waals surface area contributed by atoms with Gasteiger partial charge < -0.3 is 4.74 Å². The molecule has 1 heterocycles. The van der Waals surface area contributed by atoms with Crippen molar-refractivity contribution < 1.29 is 17.5 Å². The molecule has 0 amide bonds. The minimum absolute atomic E-state index is 0.228. The Morgan fingerprint density at radius 1 is 1.32 bits per heavy atom. The molecule has 1 unspecified atom stereocenters. The topological polar surface area (TPSA) is 55.4 Å². The molecule has 6 heteroatoms. The van der Waals surface area contributed by atoms with Crippen LogP contribution in [0.15, 0.2) is 29.2 Å². The summed E-state index contributed by atoms with van der Waals surface area (Å²) in [5, 5.41) is 0. The summed E-state index contributed by atoms with van der Waals surface area (Å²) < 4.78 is 45.6. The standard InChI is InChI=1S/C13H18FNO3S/c1-10(11-6-8-18-9-7-11)15-19(16,17)13-5-3-2-4-12(13)14/h2-5,10-11,15H,6-9H2,1H3. The van der Waals surface area contributed by atoms with Gasteiger partial charge in [-0.05, 0) is 37.8 Å². The van der Waals surface area contributed by atoms with E-state index in [4.69, 9.17) is 4.74 Å². The molecule has 106 valence electrons. The summed E-state index contributed by atoms with van der Waals surface area (Å²) >= 11 is 0. The van der Waals surface area contributed by atoms with Crippen LogP contribution in [0.2, 0.25) is 0 Å². The molecular formula is C13H18FNO3S. The lowest BCUT2D eigenvalue weighted by Gasteiger charge is -2.28. The first-order valence-corrected chi connectivity index (χ1v) is 7.83. The van der Waals surface area contributed by atoms with Crippen LogP contribution in [0.1, 0.15) is 19.8 Å². The lowest BCUT2D eigenvalue weighted by Crippen LogP contribution is -2.40. The molecule has 1 aromatic carbocycles. The van der Waals surface area contributed by atoms with Crippen LogP contribution in [-0.2, 0) is 14.8 Å². The molecule has 1 saturated heterocycles. The van der Waals surface area contributed by atoms with Gasteiger partial charge in [0, 0.05) is 19.3 Å². The highest BCUT2D eigenvalue weighted by Crippen LogP contribution is 2.21. The Kier molecular flexibility index (Phi) is 4.54. The maximum Gasteiger partial charge on any atom is 0.243 e. The quantitative estimate of drug-likeness (QED) is 0.920. The largest absolute Gasteiger partial charge is 0.381 e. The van der Waals surface area contributed by atoms with Gasteiger partial charge in [0.2, 0.25) is 10.0 Å². The number of nitrogens with one attached hydrogen (secondary N) is 1. The van der Waals surface area contributed by atoms with Crippen LogP contribution >= 0.6 is 0 Å². The number of halogens is 1. The zero-order valence-corrected chi connectivity index (χ0v) is 11.6. The monoisotopic (exact) mass is 287 g/mol. The fraction of sp³-hybridized carbons (Fsp3) is 0.538. The molecular weight excluding hydrogens is 269 g/mol. The third-order valence-corrected chi connectivity index (χ3v) is 5.03. The molecule has 0 radical (unpaired) electrons. The first-order chi connectivity index (χ1) is 9.00. The molecule has 4 nitrogen and oxygen atoms in total. The third-order valence-electron chi connectivity index (χ3n) is 3.44. The molecule has 1 aliphatic rings. The smallest absolute Gasteiger partial charge is 0.243 e. The van der Waals surface area contributed by atoms with E-state index in [0.717, 1.165) is 18.9 Å². The van der Waals surface area contributed by atoms with Crippen molar-refractivity contribution in [2.24, 2.45) is 5.92 Å². The number of sulfonamides is 1. The second-order valence-corrected chi connectivity index (χ2v) is 6.47. The average molecular weight is 287 g/mol. The highest BCUT2D eigenvalue weighted by atomic mass is 32.2. The van der Waals surface area contributed by atoms with Crippen molar-refractivity contribution in [2.75, 3.05) is 13.2 Å². The molecule has 0 saturated carbocycles. The Morgan fingerprint density at radius 2 is 1.95 bits per heavy atom. The fourth-order valence-electron chi connectivity index (χ4n) is 2.28. The maximum atomic E-state index is 13.5. The first kappa shape index (κ1) is 14.4. The Balaban J connectivity index is 2.11. The Bertz CT molecular complexity index is 526. The van der Waals surface area contributed by atoms with Crippen molar-refractivity contribution in [3.8, 4) is 0 Å². The molecule has 0 aliphatic carbocycles. The van der Waals surface area contributed by atoms with Crippen molar-refractivity contribution in [3.05, 3.63) is 30.1 Å². The lowest BCUT2D eigenvalue weighted by molar-refractivity contribution is 0.0585. The number of ether oxygens (including phenoxy) is 1. The van der Waals surface area contributed by atoms with Gasteiger partial charge in [0.15, 0.2) is 0 Å². The highest BCUT2D eigenvalue weighted by Gasteiger charge is 2.26. The van der Waals surface area contributed by atoms with Gasteiger partial charge in [0.25, 0.3) is 0 Å². The number of hydrogen-bond donors (Lipinski definition) is 1. The average Bonchev–Trinajstić information content (AvgIpc) is 2.39. The van der Waals surface area contributed by atoms with Crippen molar-refractivity contribution in [1.82, 2.24) is 4.72 Å². The second-order valence-electron chi connectivity index (χ2n) is 4.79. The number of benzene rings is 1. The van der Waals surface area contributed by atoms with Crippen LogP contribution < -0.4 is 4.72 Å². The zero-order valence-electron chi connectivity index (χ0n) is 10.8. The third kappa shape index (κ3) is 3.52. The van der Waals surface area contributed by atoms with E-state index in [1.165, 1.54) is 18.2 Å². The van der Waals surface area contributed by atoms with E-state index in [0.29, 0.717) is 13.2 Å². The van der Waals surface area contributed by atoms with Crippen LogP contribution in [0.5, 0.6) is 0 Å². The predicted molar refractivity (Wildman–Crippen MR) is 69.7 cm³/mol. The van der Waals surface area contributed by atoms with Crippen LogP contribution in [0.4, 0.5) is 4.39 Å². The van der Waals surface area contributed by atoms with Gasteiger partial charge in [-0.15, -0.1) is 0 Å². The summed E-state index contributed by atoms with van der Waals surface area (Å²) in [6.07, 6.45) is 1.64. The van der Waals surface area contributed by atoms with Gasteiger partial charge in [-0.2, -0.15) is 0 Å². The molecule has 1 fully saturated rings. The van der Waals surface area contributed by atoms with E-state index >= 15 is 0 Å². The normalized spacial score (nSPS) is 19.3. The van der Waals surface area contributed by atoms with Crippen molar-refractivity contribution in [1.29, 1.82) is 0 Å². The molecule has 1 aromatic rings. The predicted octanol–water partition coefficient (Wildman–Crippen LogP) is 1.92. The molecule has 2 rings (SSSR count). The van der Waals surface area contributed by atoms with Gasteiger partial charge in [0.1, 0.15) is 10.7 Å². The summed E-state index contributed by atoms with van der Waals surface area (Å²) in [6, 6.07) is 5.17. The van der Waals surface area contributed by atoms with E-state index in [9.17, 15) is 12.8 Å². The Morgan fingerprint density at radius 3 is 2.58 bits per heavy atom. The van der Waals surface area contributed by atoms with E-state index < -0.39 is 15.8 Å². The van der Waals surface area contributed by atoms with E-state index in [2.05, 4.69) is 4.72 Å². The van der Waals surface area contributed by atoms with Gasteiger partial charge >= 0.3 is 0 Å². The summed E-state index contributed by atoms with van der Waals surface area (Å²) in [5.74, 6) is -0.496. The lowest BCUT2D eigenvalue weighted by atomic mass is 9.94. The molecule has 0 aromatic heterocycles. The Labute approximate surface area is 113 Å². The molecule has 0 spiro atoms. The number of rotatable bonds is 4. The minimum Gasteiger partial charge on any atom is -0.381 e. The van der Waals surface area contributed by atoms with E-state index in [1.54, 1.807) is 0 Å². The summed E-state index contributed by atoms with van der Waals surface area (Å²) in [5.41, 5.74) is 0. The molecule has 19 heavy (non-hydrogen) atoms. The maximum absolute atomic E-state index is 13.5. The van der Waals surface area contributed by atoms with Gasteiger partial charge in [0.05, 0.1) is 0 Å². The molecule has 1 aliphatic heterocycles. The fourth-order valence-corrected chi connectivity index (χ4v) is 3.67. The summed E-state index contributed by atoms with van der Waals surface area (Å²) in [4.78, 5) is -0.297. The van der Waals surface area contributed by atoms with Crippen LogP contribution in [-0.4, -0.2) is 27.7 Å². The zero-order chi connectivity index (χ0) is 13.9. The van der Waals surface area contributed by atoms with Crippen molar-refractivity contribution in [2.45, 2.75) is 30.7 Å². The SMILES string of the molecule is CC(NS(=O)(=O)c1ccccc1F)C1CCOCC1. The van der Waals surface area contributed by atoms with E-state index in [1.807, 2.05) is 6.92 Å². The molecule has 1 atom stereocenters. The van der Waals surface area contributed by atoms with Crippen LogP contribution in [0, 0.1) is 11.7 Å². The summed E-state index contributed by atoms with van der Waals surface area (Å²) in [7, 11) is -3.81. The molecule has 0 bridgehead atoms. The summed E-state index contributed by atoms with van der Waals surface area (Å²) in [6.45, 7) is 3.11. The van der Waals surface area contributed by atoms with E-state index in [-0.39, 0.29) is 16.9 Å². The highest BCUT2D eigenvalue weighted by molar-refractivity contribution is 7.89. The minimum atomic E-state index is -3.81. The van der Waals surface area contributed by atoms with Crippen LogP contribution in [0.3, 0.4) is 0 Å². The van der Waals surface area contributed by atoms with Crippen molar-refractivity contribution in [3.63, 3.8) is 0 Å². The van der Waals surface area contributed by atoms with Crippen LogP contribution in [0.25, 0.3) is 0 Å². The number of hydrogen-bond acceptors (Lipinski definition) is 3. The first-order valence-electron chi connectivity index (χ1n) is 6.35. The molecule has 1 N–H and O–H groups in total. The van der Waals surface area contributed by atoms with Gasteiger partial charge in [-0.1, -0.05) is 12.1 Å². The van der Waals surface area contributed by atoms with Crippen molar-refractivity contribution >= 4 is 10.0 Å². The second kappa shape index (κ2) is 5.98. The van der Waals surface area contributed by atoms with Gasteiger partial charge in [-0.25, -0.2) is 17.5 Å². The van der Waals surface area contributed by atoms with Gasteiger partial charge in [-0.3, -0.25) is 0 Å². The Hall–Kier alpha value is -0.980.